The molecule has 0 bridgehead atoms. The zero-order valence-corrected chi connectivity index (χ0v) is 10.2. The molecule has 1 rings (SSSR count). The van der Waals surface area contributed by atoms with Crippen LogP contribution in [-0.4, -0.2) is 12.6 Å². The fourth-order valence-electron chi connectivity index (χ4n) is 1.41. The molecule has 2 amide bonds. The minimum Gasteiger partial charge on any atom is -0.338 e. The number of nitrogens with one attached hydrogen (secondary N) is 2. The molecule has 0 radical (unpaired) electrons. The average molecular weight is 220 g/mol. The molecule has 1 aromatic carbocycles. The number of hydrogen-bond acceptors (Lipinski definition) is 1. The monoisotopic (exact) mass is 220 g/mol. The fraction of sp³-hybridized carbons (Fsp3) is 0.462. The van der Waals surface area contributed by atoms with E-state index in [-0.39, 0.29) is 6.03 Å². The zero-order valence-electron chi connectivity index (χ0n) is 10.2. The number of para-hydroxylation sites is 1. The zero-order chi connectivity index (χ0) is 12.0. The molecule has 0 aliphatic rings. The number of benzene rings is 1. The molecule has 1 aromatic rings. The molecule has 16 heavy (non-hydrogen) atoms. The van der Waals surface area contributed by atoms with Crippen molar-refractivity contribution >= 4 is 11.7 Å². The van der Waals surface area contributed by atoms with Gasteiger partial charge < -0.3 is 10.6 Å². The predicted molar refractivity (Wildman–Crippen MR) is 67.7 cm³/mol. The van der Waals surface area contributed by atoms with Crippen LogP contribution in [0.15, 0.2) is 24.3 Å². The molecule has 2 N–H and O–H groups in total. The Labute approximate surface area is 97.2 Å². The second kappa shape index (κ2) is 6.16. The third-order valence-corrected chi connectivity index (χ3v) is 2.32. The lowest BCUT2D eigenvalue weighted by atomic mass is 10.1. The Hall–Kier alpha value is -1.51. The van der Waals surface area contributed by atoms with Crippen molar-refractivity contribution in [2.75, 3.05) is 11.9 Å². The molecule has 3 heteroatoms. The Morgan fingerprint density at radius 3 is 2.62 bits per heavy atom. The van der Waals surface area contributed by atoms with Crippen molar-refractivity contribution in [2.24, 2.45) is 5.92 Å². The Morgan fingerprint density at radius 2 is 2.00 bits per heavy atom. The largest absolute Gasteiger partial charge is 0.338 e. The van der Waals surface area contributed by atoms with Gasteiger partial charge in [0, 0.05) is 12.2 Å². The summed E-state index contributed by atoms with van der Waals surface area (Å²) in [4.78, 5) is 11.6. The van der Waals surface area contributed by atoms with Gasteiger partial charge in [-0.05, 0) is 24.0 Å². The molecule has 0 unspecified atom stereocenters. The first-order chi connectivity index (χ1) is 7.63. The Balaban J connectivity index is 2.55. The van der Waals surface area contributed by atoms with Gasteiger partial charge in [-0.1, -0.05) is 39.0 Å². The van der Waals surface area contributed by atoms with E-state index in [1.54, 1.807) is 0 Å². The Morgan fingerprint density at radius 1 is 1.31 bits per heavy atom. The first-order valence-corrected chi connectivity index (χ1v) is 5.76. The number of carbonyl (C=O) groups excluding carboxylic acids is 1. The number of amides is 2. The summed E-state index contributed by atoms with van der Waals surface area (Å²) in [6, 6.07) is 7.73. The van der Waals surface area contributed by atoms with Crippen molar-refractivity contribution in [3.8, 4) is 0 Å². The number of rotatable bonds is 4. The Kier molecular flexibility index (Phi) is 4.83. The van der Waals surface area contributed by atoms with Crippen LogP contribution in [-0.2, 0) is 6.42 Å². The summed E-state index contributed by atoms with van der Waals surface area (Å²) in [7, 11) is 0. The number of urea groups is 1. The third kappa shape index (κ3) is 3.93. The lowest BCUT2D eigenvalue weighted by Crippen LogP contribution is -2.31. The van der Waals surface area contributed by atoms with Crippen molar-refractivity contribution in [2.45, 2.75) is 27.2 Å². The number of carbonyl (C=O) groups is 1. The van der Waals surface area contributed by atoms with E-state index >= 15 is 0 Å². The van der Waals surface area contributed by atoms with Crippen molar-refractivity contribution in [3.05, 3.63) is 29.8 Å². The summed E-state index contributed by atoms with van der Waals surface area (Å²) < 4.78 is 0. The van der Waals surface area contributed by atoms with Crippen molar-refractivity contribution in [1.82, 2.24) is 5.32 Å². The van der Waals surface area contributed by atoms with Gasteiger partial charge in [-0.25, -0.2) is 4.79 Å². The average Bonchev–Trinajstić information content (AvgIpc) is 2.27. The minimum atomic E-state index is -0.130. The van der Waals surface area contributed by atoms with E-state index in [1.807, 2.05) is 24.3 Å². The summed E-state index contributed by atoms with van der Waals surface area (Å²) in [6.07, 6.45) is 0.917. The lowest BCUT2D eigenvalue weighted by molar-refractivity contribution is 0.251. The lowest BCUT2D eigenvalue weighted by Gasteiger charge is -2.11. The predicted octanol–water partition coefficient (Wildman–Crippen LogP) is 3.03. The van der Waals surface area contributed by atoms with Gasteiger partial charge in [0.05, 0.1) is 0 Å². The van der Waals surface area contributed by atoms with Crippen LogP contribution in [0.4, 0.5) is 10.5 Å². The van der Waals surface area contributed by atoms with E-state index in [9.17, 15) is 4.79 Å². The SMILES string of the molecule is CCc1ccccc1NC(=O)NCC(C)C. The first-order valence-electron chi connectivity index (χ1n) is 5.76. The molecule has 88 valence electrons. The van der Waals surface area contributed by atoms with E-state index < -0.39 is 0 Å². The van der Waals surface area contributed by atoms with Crippen molar-refractivity contribution in [3.63, 3.8) is 0 Å². The van der Waals surface area contributed by atoms with Crippen LogP contribution in [0.25, 0.3) is 0 Å². The maximum Gasteiger partial charge on any atom is 0.319 e. The maximum absolute atomic E-state index is 11.6. The van der Waals surface area contributed by atoms with Crippen molar-refractivity contribution in [1.29, 1.82) is 0 Å². The standard InChI is InChI=1S/C13H20N2O/c1-4-11-7-5-6-8-12(11)15-13(16)14-9-10(2)3/h5-8,10H,4,9H2,1-3H3,(H2,14,15,16). The molecule has 0 aliphatic carbocycles. The molecule has 3 nitrogen and oxygen atoms in total. The second-order valence-electron chi connectivity index (χ2n) is 4.24. The van der Waals surface area contributed by atoms with Crippen LogP contribution >= 0.6 is 0 Å². The van der Waals surface area contributed by atoms with Crippen LogP contribution in [0.5, 0.6) is 0 Å². The van der Waals surface area contributed by atoms with Gasteiger partial charge in [0.15, 0.2) is 0 Å². The van der Waals surface area contributed by atoms with Crippen LogP contribution in [0.1, 0.15) is 26.3 Å². The first kappa shape index (κ1) is 12.6. The Bertz CT molecular complexity index is 348. The van der Waals surface area contributed by atoms with E-state index in [4.69, 9.17) is 0 Å². The highest BCUT2D eigenvalue weighted by Gasteiger charge is 2.04. The van der Waals surface area contributed by atoms with Gasteiger partial charge in [0.1, 0.15) is 0 Å². The van der Waals surface area contributed by atoms with Crippen molar-refractivity contribution < 1.29 is 4.79 Å². The quantitative estimate of drug-likeness (QED) is 0.804. The van der Waals surface area contributed by atoms with Gasteiger partial charge >= 0.3 is 6.03 Å². The third-order valence-electron chi connectivity index (χ3n) is 2.32. The minimum absolute atomic E-state index is 0.130. The van der Waals surface area contributed by atoms with Gasteiger partial charge in [0.25, 0.3) is 0 Å². The fourth-order valence-corrected chi connectivity index (χ4v) is 1.41. The van der Waals surface area contributed by atoms with Gasteiger partial charge in [-0.3, -0.25) is 0 Å². The van der Waals surface area contributed by atoms with Crippen LogP contribution in [0, 0.1) is 5.92 Å². The molecule has 0 atom stereocenters. The number of anilines is 1. The van der Waals surface area contributed by atoms with Gasteiger partial charge in [-0.2, -0.15) is 0 Å². The smallest absolute Gasteiger partial charge is 0.319 e. The molecule has 0 saturated carbocycles. The van der Waals surface area contributed by atoms with Crippen LogP contribution in [0.3, 0.4) is 0 Å². The van der Waals surface area contributed by atoms with E-state index in [0.717, 1.165) is 17.7 Å². The molecule has 0 saturated heterocycles. The summed E-state index contributed by atoms with van der Waals surface area (Å²) in [5, 5.41) is 5.70. The van der Waals surface area contributed by atoms with Crippen LogP contribution in [0.2, 0.25) is 0 Å². The summed E-state index contributed by atoms with van der Waals surface area (Å²) in [6.45, 7) is 6.91. The summed E-state index contributed by atoms with van der Waals surface area (Å²) >= 11 is 0. The van der Waals surface area contributed by atoms with Crippen LogP contribution < -0.4 is 10.6 Å². The molecular weight excluding hydrogens is 200 g/mol. The highest BCUT2D eigenvalue weighted by atomic mass is 16.2. The second-order valence-corrected chi connectivity index (χ2v) is 4.24. The molecule has 0 aliphatic heterocycles. The highest BCUT2D eigenvalue weighted by molar-refractivity contribution is 5.90. The van der Waals surface area contributed by atoms with E-state index in [1.165, 1.54) is 0 Å². The summed E-state index contributed by atoms with van der Waals surface area (Å²) in [5.41, 5.74) is 2.05. The molecule has 0 fully saturated rings. The highest BCUT2D eigenvalue weighted by Crippen LogP contribution is 2.14. The topological polar surface area (TPSA) is 41.1 Å². The number of hydrogen-bond donors (Lipinski definition) is 2. The van der Waals surface area contributed by atoms with Gasteiger partial charge in [0.2, 0.25) is 0 Å². The summed E-state index contributed by atoms with van der Waals surface area (Å²) in [5.74, 6) is 0.465. The maximum atomic E-state index is 11.6. The molecular formula is C13H20N2O. The van der Waals surface area contributed by atoms with Gasteiger partial charge in [-0.15, -0.1) is 0 Å². The van der Waals surface area contributed by atoms with E-state index in [0.29, 0.717) is 12.5 Å². The number of aryl methyl sites for hydroxylation is 1. The van der Waals surface area contributed by atoms with E-state index in [2.05, 4.69) is 31.4 Å². The molecule has 0 spiro atoms. The normalized spacial score (nSPS) is 10.2. The molecule has 0 heterocycles. The molecule has 0 aromatic heterocycles.